The van der Waals surface area contributed by atoms with Gasteiger partial charge < -0.3 is 5.32 Å². The first kappa shape index (κ1) is 15.0. The monoisotopic (exact) mass is 289 g/mol. The quantitative estimate of drug-likeness (QED) is 0.918. The van der Waals surface area contributed by atoms with E-state index < -0.39 is 0 Å². The van der Waals surface area contributed by atoms with Gasteiger partial charge in [0.15, 0.2) is 0 Å². The number of carbonyl (C=O) groups excluding carboxylic acids is 1. The van der Waals surface area contributed by atoms with Crippen LogP contribution in [0, 0.1) is 6.92 Å². The summed E-state index contributed by atoms with van der Waals surface area (Å²) >= 11 is 0. The molecule has 2 heterocycles. The average Bonchev–Trinajstić information content (AvgIpc) is 2.73. The number of rotatable bonds is 3. The molecule has 0 spiro atoms. The third-order valence-electron chi connectivity index (χ3n) is 2.81. The maximum atomic E-state index is 12.1. The van der Waals surface area contributed by atoms with Gasteiger partial charge in [-0.1, -0.05) is 0 Å². The smallest absolute Gasteiger partial charge is 0.267 e. The molecular weight excluding hydrogens is 270 g/mol. The third-order valence-corrected chi connectivity index (χ3v) is 2.81. The van der Waals surface area contributed by atoms with Crippen molar-refractivity contribution in [3.63, 3.8) is 0 Å². The Bertz CT molecular complexity index is 709. The number of nitrogens with one attached hydrogen (secondary N) is 1. The van der Waals surface area contributed by atoms with Gasteiger partial charge >= 0.3 is 0 Å². The molecule has 0 saturated heterocycles. The van der Waals surface area contributed by atoms with Crippen molar-refractivity contribution in [2.75, 3.05) is 5.32 Å². The highest BCUT2D eigenvalue weighted by molar-refractivity contribution is 5.89. The minimum absolute atomic E-state index is 0.131. The van der Waals surface area contributed by atoms with Gasteiger partial charge in [-0.2, -0.15) is 10.2 Å². The number of nitrogens with zero attached hydrogens (tertiary/aromatic N) is 4. The fourth-order valence-corrected chi connectivity index (χ4v) is 1.92. The first-order chi connectivity index (χ1) is 9.77. The summed E-state index contributed by atoms with van der Waals surface area (Å²) in [7, 11) is 0. The first-order valence-electron chi connectivity index (χ1n) is 6.66. The zero-order valence-corrected chi connectivity index (χ0v) is 12.6. The molecule has 0 aliphatic carbocycles. The normalized spacial score (nSPS) is 11.4. The van der Waals surface area contributed by atoms with E-state index in [-0.39, 0.29) is 23.6 Å². The van der Waals surface area contributed by atoms with Crippen LogP contribution in [0.2, 0.25) is 0 Å². The summed E-state index contributed by atoms with van der Waals surface area (Å²) in [6, 6.07) is 4.70. The van der Waals surface area contributed by atoms with Crippen LogP contribution in [0.4, 0.5) is 5.82 Å². The Balaban J connectivity index is 2.18. The van der Waals surface area contributed by atoms with Gasteiger partial charge in [-0.3, -0.25) is 9.59 Å². The van der Waals surface area contributed by atoms with Crippen molar-refractivity contribution >= 4 is 11.7 Å². The van der Waals surface area contributed by atoms with Crippen LogP contribution in [0.15, 0.2) is 29.2 Å². The molecule has 2 aromatic heterocycles. The number of carbonyl (C=O) groups is 1. The number of hydrogen-bond acceptors (Lipinski definition) is 4. The first-order valence-corrected chi connectivity index (χ1v) is 6.66. The van der Waals surface area contributed by atoms with E-state index in [4.69, 9.17) is 0 Å². The standard InChI is InChI=1S/C14H19N5O2/c1-10-8-11(19(17-10)14(2,3)4)16-12(20)9-18-13(21)6-5-7-15-18/h5-8H,9H2,1-4H3,(H,16,20). The largest absolute Gasteiger partial charge is 0.309 e. The van der Waals surface area contributed by atoms with Crippen LogP contribution in [0.1, 0.15) is 26.5 Å². The van der Waals surface area contributed by atoms with E-state index in [1.165, 1.54) is 18.3 Å². The lowest BCUT2D eigenvalue weighted by Crippen LogP contribution is -2.31. The van der Waals surface area contributed by atoms with Crippen LogP contribution >= 0.6 is 0 Å². The Morgan fingerprint density at radius 2 is 2.10 bits per heavy atom. The van der Waals surface area contributed by atoms with Crippen LogP contribution in [-0.2, 0) is 16.9 Å². The van der Waals surface area contributed by atoms with Crippen LogP contribution in [-0.4, -0.2) is 25.5 Å². The second-order valence-corrected chi connectivity index (χ2v) is 5.82. The Labute approximate surface area is 122 Å². The summed E-state index contributed by atoms with van der Waals surface area (Å²) in [5.41, 5.74) is 0.252. The van der Waals surface area contributed by atoms with Crippen LogP contribution in [0.3, 0.4) is 0 Å². The molecule has 21 heavy (non-hydrogen) atoms. The minimum atomic E-state index is -0.318. The van der Waals surface area contributed by atoms with Gasteiger partial charge in [0.25, 0.3) is 5.56 Å². The molecule has 0 atom stereocenters. The Kier molecular flexibility index (Phi) is 3.93. The van der Waals surface area contributed by atoms with Crippen molar-refractivity contribution in [3.05, 3.63) is 40.4 Å². The Morgan fingerprint density at radius 1 is 1.38 bits per heavy atom. The highest BCUT2D eigenvalue weighted by atomic mass is 16.2. The van der Waals surface area contributed by atoms with E-state index in [0.29, 0.717) is 5.82 Å². The molecule has 7 heteroatoms. The van der Waals surface area contributed by atoms with E-state index in [2.05, 4.69) is 15.5 Å². The molecule has 0 aliphatic rings. The fourth-order valence-electron chi connectivity index (χ4n) is 1.92. The van der Waals surface area contributed by atoms with Gasteiger partial charge in [0.1, 0.15) is 12.4 Å². The zero-order chi connectivity index (χ0) is 15.6. The lowest BCUT2D eigenvalue weighted by Gasteiger charge is -2.22. The summed E-state index contributed by atoms with van der Waals surface area (Å²) in [6.45, 7) is 7.73. The molecule has 0 aliphatic heterocycles. The molecule has 0 fully saturated rings. The van der Waals surface area contributed by atoms with Crippen LogP contribution < -0.4 is 10.9 Å². The molecule has 1 N–H and O–H groups in total. The van der Waals surface area contributed by atoms with Crippen LogP contribution in [0.5, 0.6) is 0 Å². The summed E-state index contributed by atoms with van der Waals surface area (Å²) in [4.78, 5) is 23.6. The van der Waals surface area contributed by atoms with Crippen molar-refractivity contribution in [1.82, 2.24) is 19.6 Å². The van der Waals surface area contributed by atoms with Gasteiger partial charge in [-0.15, -0.1) is 0 Å². The van der Waals surface area contributed by atoms with Gasteiger partial charge in [-0.25, -0.2) is 9.36 Å². The SMILES string of the molecule is Cc1cc(NC(=O)Cn2ncccc2=O)n(C(C)(C)C)n1. The van der Waals surface area contributed by atoms with Gasteiger partial charge in [0, 0.05) is 18.3 Å². The van der Waals surface area contributed by atoms with Gasteiger partial charge in [0.2, 0.25) is 5.91 Å². The summed E-state index contributed by atoms with van der Waals surface area (Å²) in [5.74, 6) is 0.287. The maximum absolute atomic E-state index is 12.1. The van der Waals surface area contributed by atoms with E-state index in [9.17, 15) is 9.59 Å². The van der Waals surface area contributed by atoms with E-state index >= 15 is 0 Å². The number of aryl methyl sites for hydroxylation is 1. The zero-order valence-electron chi connectivity index (χ0n) is 12.6. The fraction of sp³-hybridized carbons (Fsp3) is 0.429. The summed E-state index contributed by atoms with van der Waals surface area (Å²) < 4.78 is 2.86. The predicted octanol–water partition coefficient (Wildman–Crippen LogP) is 1.14. The topological polar surface area (TPSA) is 81.8 Å². The highest BCUT2D eigenvalue weighted by Gasteiger charge is 2.20. The number of aromatic nitrogens is 4. The molecule has 0 aromatic carbocycles. The third kappa shape index (κ3) is 3.56. The molecule has 0 saturated carbocycles. The molecule has 1 amide bonds. The van der Waals surface area contributed by atoms with E-state index in [0.717, 1.165) is 10.4 Å². The van der Waals surface area contributed by atoms with Crippen molar-refractivity contribution in [1.29, 1.82) is 0 Å². The van der Waals surface area contributed by atoms with Gasteiger partial charge in [-0.05, 0) is 33.8 Å². The molecule has 7 nitrogen and oxygen atoms in total. The molecule has 112 valence electrons. The molecule has 0 bridgehead atoms. The van der Waals surface area contributed by atoms with E-state index in [1.54, 1.807) is 10.7 Å². The average molecular weight is 289 g/mol. The van der Waals surface area contributed by atoms with Crippen molar-refractivity contribution in [2.24, 2.45) is 0 Å². The van der Waals surface area contributed by atoms with Crippen molar-refractivity contribution in [2.45, 2.75) is 39.8 Å². The number of hydrogen-bond donors (Lipinski definition) is 1. The number of anilines is 1. The molecule has 0 unspecified atom stereocenters. The molecule has 2 rings (SSSR count). The second-order valence-electron chi connectivity index (χ2n) is 5.82. The summed E-state index contributed by atoms with van der Waals surface area (Å²) in [6.07, 6.45) is 1.47. The highest BCUT2D eigenvalue weighted by Crippen LogP contribution is 2.21. The Hall–Kier alpha value is -2.44. The van der Waals surface area contributed by atoms with Crippen LogP contribution in [0.25, 0.3) is 0 Å². The van der Waals surface area contributed by atoms with Crippen molar-refractivity contribution in [3.8, 4) is 0 Å². The second kappa shape index (κ2) is 5.51. The minimum Gasteiger partial charge on any atom is -0.309 e. The molecular formula is C14H19N5O2. The molecule has 0 radical (unpaired) electrons. The predicted molar refractivity (Wildman–Crippen MR) is 79.1 cm³/mol. The maximum Gasteiger partial charge on any atom is 0.267 e. The lowest BCUT2D eigenvalue weighted by atomic mass is 10.1. The summed E-state index contributed by atoms with van der Waals surface area (Å²) in [5, 5.41) is 11.0. The van der Waals surface area contributed by atoms with Crippen molar-refractivity contribution < 1.29 is 4.79 Å². The number of amides is 1. The molecule has 2 aromatic rings. The Morgan fingerprint density at radius 3 is 2.71 bits per heavy atom. The van der Waals surface area contributed by atoms with E-state index in [1.807, 2.05) is 27.7 Å². The van der Waals surface area contributed by atoms with Gasteiger partial charge in [0.05, 0.1) is 11.2 Å². The lowest BCUT2D eigenvalue weighted by molar-refractivity contribution is -0.117.